The molecule has 0 aliphatic heterocycles. The number of carbonyl (C=O) groups excluding carboxylic acids is 2. The second-order valence-corrected chi connectivity index (χ2v) is 9.04. The van der Waals surface area contributed by atoms with Crippen LogP contribution in [-0.4, -0.2) is 34.3 Å². The third-order valence-electron chi connectivity index (χ3n) is 5.04. The molecule has 9 heteroatoms. The summed E-state index contributed by atoms with van der Waals surface area (Å²) in [7, 11) is 1.29. The van der Waals surface area contributed by atoms with Crippen LogP contribution in [0.2, 0.25) is 0 Å². The molecule has 0 fully saturated rings. The van der Waals surface area contributed by atoms with Crippen LogP contribution < -0.4 is 10.9 Å². The molecule has 7 nitrogen and oxygen atoms in total. The number of methoxy groups -OCH3 is 1. The molecule has 160 valence electrons. The number of ether oxygens (including phenoxy) is 1. The van der Waals surface area contributed by atoms with Gasteiger partial charge in [0.05, 0.1) is 29.5 Å². The zero-order valence-electron chi connectivity index (χ0n) is 17.0. The Labute approximate surface area is 187 Å². The predicted octanol–water partition coefficient (Wildman–Crippen LogP) is 3.65. The number of nitrogens with zero attached hydrogens (tertiary/aromatic N) is 2. The Morgan fingerprint density at radius 3 is 2.94 bits per heavy atom. The van der Waals surface area contributed by atoms with Crippen molar-refractivity contribution in [3.8, 4) is 0 Å². The van der Waals surface area contributed by atoms with Gasteiger partial charge in [-0.2, -0.15) is 0 Å². The second kappa shape index (κ2) is 9.07. The highest BCUT2D eigenvalue weighted by Crippen LogP contribution is 2.35. The minimum Gasteiger partial charge on any atom is -0.465 e. The molecule has 0 atom stereocenters. The van der Waals surface area contributed by atoms with Crippen LogP contribution in [0.3, 0.4) is 0 Å². The number of hydrogen-bond acceptors (Lipinski definition) is 7. The average Bonchev–Trinajstić information content (AvgIpc) is 3.35. The second-order valence-electron chi connectivity index (χ2n) is 7.01. The average molecular weight is 456 g/mol. The maximum absolute atomic E-state index is 13.2. The van der Waals surface area contributed by atoms with Crippen LogP contribution >= 0.6 is 23.1 Å². The van der Waals surface area contributed by atoms with Crippen LogP contribution in [0.1, 0.15) is 27.2 Å². The lowest BCUT2D eigenvalue weighted by atomic mass is 10.2. The van der Waals surface area contributed by atoms with Crippen molar-refractivity contribution in [1.29, 1.82) is 0 Å². The van der Waals surface area contributed by atoms with Gasteiger partial charge in [0.15, 0.2) is 5.16 Å². The van der Waals surface area contributed by atoms with Gasteiger partial charge in [-0.3, -0.25) is 14.2 Å². The summed E-state index contributed by atoms with van der Waals surface area (Å²) in [6.45, 7) is 4.07. The van der Waals surface area contributed by atoms with Crippen molar-refractivity contribution >= 4 is 50.9 Å². The van der Waals surface area contributed by atoms with Crippen molar-refractivity contribution in [2.75, 3.05) is 18.2 Å². The van der Waals surface area contributed by atoms with Gasteiger partial charge < -0.3 is 10.1 Å². The van der Waals surface area contributed by atoms with Crippen molar-refractivity contribution in [1.82, 2.24) is 9.55 Å². The van der Waals surface area contributed by atoms with Crippen LogP contribution in [0.25, 0.3) is 10.2 Å². The number of nitrogens with one attached hydrogen (secondary N) is 1. The Kier molecular flexibility index (Phi) is 6.24. The van der Waals surface area contributed by atoms with Gasteiger partial charge in [0.25, 0.3) is 5.56 Å². The molecule has 0 spiro atoms. The number of esters is 1. The molecule has 1 aliphatic rings. The SMILES string of the molecule is C=CCn1c(SCC(=O)Nc2ccccc2C(=O)OC)nc2sc3c(c2c1=O)CCC3. The van der Waals surface area contributed by atoms with E-state index < -0.39 is 5.97 Å². The van der Waals surface area contributed by atoms with Crippen LogP contribution in [-0.2, 0) is 28.9 Å². The maximum Gasteiger partial charge on any atom is 0.339 e. The lowest BCUT2D eigenvalue weighted by Gasteiger charge is -2.12. The number of anilines is 1. The normalized spacial score (nSPS) is 12.5. The van der Waals surface area contributed by atoms with E-state index in [1.165, 1.54) is 23.7 Å². The molecule has 0 bridgehead atoms. The summed E-state index contributed by atoms with van der Waals surface area (Å²) in [5.41, 5.74) is 1.70. The van der Waals surface area contributed by atoms with Gasteiger partial charge in [0.1, 0.15) is 4.83 Å². The minimum atomic E-state index is -0.527. The molecule has 3 aromatic rings. The zero-order chi connectivity index (χ0) is 22.0. The van der Waals surface area contributed by atoms with E-state index in [0.29, 0.717) is 22.8 Å². The number of hydrogen-bond donors (Lipinski definition) is 1. The fourth-order valence-corrected chi connectivity index (χ4v) is 5.77. The third-order valence-corrected chi connectivity index (χ3v) is 7.20. The first-order valence-electron chi connectivity index (χ1n) is 9.79. The summed E-state index contributed by atoms with van der Waals surface area (Å²) < 4.78 is 6.33. The van der Waals surface area contributed by atoms with Crippen molar-refractivity contribution in [2.24, 2.45) is 0 Å². The minimum absolute atomic E-state index is 0.0374. The van der Waals surface area contributed by atoms with Gasteiger partial charge in [-0.1, -0.05) is 30.0 Å². The molecular weight excluding hydrogens is 434 g/mol. The highest BCUT2D eigenvalue weighted by atomic mass is 32.2. The Balaban J connectivity index is 1.57. The summed E-state index contributed by atoms with van der Waals surface area (Å²) >= 11 is 2.76. The molecule has 1 aliphatic carbocycles. The van der Waals surface area contributed by atoms with Crippen LogP contribution in [0, 0.1) is 0 Å². The van der Waals surface area contributed by atoms with E-state index in [1.807, 2.05) is 0 Å². The van der Waals surface area contributed by atoms with E-state index in [-0.39, 0.29) is 22.8 Å². The van der Waals surface area contributed by atoms with Gasteiger partial charge in [0.2, 0.25) is 5.91 Å². The van der Waals surface area contributed by atoms with Crippen LogP contribution in [0.5, 0.6) is 0 Å². The van der Waals surface area contributed by atoms with E-state index in [9.17, 15) is 14.4 Å². The van der Waals surface area contributed by atoms with Crippen molar-refractivity contribution in [2.45, 2.75) is 31.0 Å². The van der Waals surface area contributed by atoms with E-state index in [4.69, 9.17) is 9.72 Å². The molecule has 31 heavy (non-hydrogen) atoms. The third kappa shape index (κ3) is 4.15. The summed E-state index contributed by atoms with van der Waals surface area (Å²) in [5.74, 6) is -0.800. The van der Waals surface area contributed by atoms with Gasteiger partial charge in [0, 0.05) is 11.4 Å². The highest BCUT2D eigenvalue weighted by Gasteiger charge is 2.23. The zero-order valence-corrected chi connectivity index (χ0v) is 18.6. The molecule has 1 amide bonds. The van der Waals surface area contributed by atoms with Crippen molar-refractivity contribution in [3.63, 3.8) is 0 Å². The number of rotatable bonds is 7. The fourth-order valence-electron chi connectivity index (χ4n) is 3.65. The van der Waals surface area contributed by atoms with Gasteiger partial charge >= 0.3 is 5.97 Å². The molecule has 2 heterocycles. The molecule has 0 saturated heterocycles. The number of para-hydroxylation sites is 1. The standard InChI is InChI=1S/C22H21N3O4S2/c1-3-11-25-20(27)18-14-8-6-10-16(14)31-19(18)24-22(25)30-12-17(26)23-15-9-5-4-7-13(15)21(28)29-2/h3-5,7,9H,1,6,8,10-12H2,2H3,(H,23,26). The Morgan fingerprint density at radius 1 is 1.35 bits per heavy atom. The van der Waals surface area contributed by atoms with Crippen LogP contribution in [0.15, 0.2) is 46.9 Å². The highest BCUT2D eigenvalue weighted by molar-refractivity contribution is 7.99. The van der Waals surface area contributed by atoms with Crippen molar-refractivity contribution < 1.29 is 14.3 Å². The van der Waals surface area contributed by atoms with E-state index in [0.717, 1.165) is 29.7 Å². The number of amides is 1. The quantitative estimate of drug-likeness (QED) is 0.253. The molecule has 0 radical (unpaired) electrons. The number of fused-ring (bicyclic) bond motifs is 3. The van der Waals surface area contributed by atoms with Crippen LogP contribution in [0.4, 0.5) is 5.69 Å². The summed E-state index contributed by atoms with van der Waals surface area (Å²) in [6.07, 6.45) is 4.62. The first-order valence-corrected chi connectivity index (χ1v) is 11.6. The number of aryl methyl sites for hydroxylation is 2. The summed E-state index contributed by atoms with van der Waals surface area (Å²) in [5, 5.41) is 3.93. The fraction of sp³-hybridized carbons (Fsp3) is 0.273. The molecule has 1 N–H and O–H groups in total. The lowest BCUT2D eigenvalue weighted by molar-refractivity contribution is -0.113. The first-order chi connectivity index (χ1) is 15.0. The van der Waals surface area contributed by atoms with Gasteiger partial charge in [-0.25, -0.2) is 9.78 Å². The molecule has 1 aromatic carbocycles. The molecular formula is C22H21N3O4S2. The number of thiophene rings is 1. The van der Waals surface area contributed by atoms with E-state index in [2.05, 4.69) is 11.9 Å². The molecule has 2 aromatic heterocycles. The largest absolute Gasteiger partial charge is 0.465 e. The summed E-state index contributed by atoms with van der Waals surface area (Å²) in [4.78, 5) is 44.3. The Bertz CT molecular complexity index is 1250. The smallest absolute Gasteiger partial charge is 0.339 e. The van der Waals surface area contributed by atoms with E-state index in [1.54, 1.807) is 46.2 Å². The first kappa shape index (κ1) is 21.3. The number of allylic oxidation sites excluding steroid dienone is 1. The molecule has 0 unspecified atom stereocenters. The Morgan fingerprint density at radius 2 is 2.16 bits per heavy atom. The predicted molar refractivity (Wildman–Crippen MR) is 123 cm³/mol. The Hall–Kier alpha value is -2.91. The van der Waals surface area contributed by atoms with Crippen molar-refractivity contribution in [3.05, 3.63) is 63.3 Å². The van der Waals surface area contributed by atoms with E-state index >= 15 is 0 Å². The number of carbonyl (C=O) groups is 2. The topological polar surface area (TPSA) is 90.3 Å². The van der Waals surface area contributed by atoms with Gasteiger partial charge in [-0.15, -0.1) is 17.9 Å². The maximum atomic E-state index is 13.2. The summed E-state index contributed by atoms with van der Waals surface area (Å²) in [6, 6.07) is 6.65. The lowest BCUT2D eigenvalue weighted by Crippen LogP contribution is -2.24. The number of benzene rings is 1. The van der Waals surface area contributed by atoms with Gasteiger partial charge in [-0.05, 0) is 37.0 Å². The number of thioether (sulfide) groups is 1. The monoisotopic (exact) mass is 455 g/mol. The molecule has 0 saturated carbocycles. The molecule has 4 rings (SSSR count). The number of aromatic nitrogens is 2.